The fraction of sp³-hybridized carbons (Fsp3) is 0.250. The maximum atomic E-state index is 5.94. The van der Waals surface area contributed by atoms with Crippen molar-refractivity contribution in [1.82, 2.24) is 10.1 Å². The van der Waals surface area contributed by atoms with Gasteiger partial charge in [-0.25, -0.2) is 0 Å². The van der Waals surface area contributed by atoms with Crippen molar-refractivity contribution in [3.05, 3.63) is 78.2 Å². The third kappa shape index (κ3) is 3.50. The Bertz CT molecular complexity index is 1080. The second-order valence-electron chi connectivity index (χ2n) is 7.44. The normalized spacial score (nSPS) is 14.6. The number of nitrogens with zero attached hydrogens (tertiary/aromatic N) is 2. The smallest absolute Gasteiger partial charge is 0.230 e. The number of benzene rings is 3. The summed E-state index contributed by atoms with van der Waals surface area (Å²) in [5.41, 5.74) is 2.14. The van der Waals surface area contributed by atoms with Gasteiger partial charge in [-0.15, -0.1) is 0 Å². The van der Waals surface area contributed by atoms with Crippen molar-refractivity contribution in [2.75, 3.05) is 0 Å². The molecule has 0 aliphatic heterocycles. The molecule has 1 aromatic heterocycles. The average Bonchev–Trinajstić information content (AvgIpc) is 3.44. The van der Waals surface area contributed by atoms with E-state index in [9.17, 15) is 0 Å². The molecule has 4 nitrogen and oxygen atoms in total. The molecular formula is C24H22N2O2. The molecule has 1 saturated carbocycles. The average molecular weight is 370 g/mol. The van der Waals surface area contributed by atoms with Gasteiger partial charge in [-0.3, -0.25) is 0 Å². The van der Waals surface area contributed by atoms with E-state index in [0.717, 1.165) is 46.4 Å². The van der Waals surface area contributed by atoms with E-state index in [0.29, 0.717) is 18.3 Å². The number of ether oxygens (including phenoxy) is 1. The molecule has 0 unspecified atom stereocenters. The standard InChI is InChI=1S/C24H22N2O2/c1-2-6-17(7-3-1)16-27-22-13-12-19-14-21(11-10-20(19)15-22)23-25-24(28-26-23)18-8-4-5-9-18/h1-3,6-7,10-15,18H,4-5,8-9,16H2. The van der Waals surface area contributed by atoms with Crippen molar-refractivity contribution in [3.63, 3.8) is 0 Å². The molecule has 1 heterocycles. The van der Waals surface area contributed by atoms with Gasteiger partial charge in [-0.1, -0.05) is 66.5 Å². The molecule has 1 aliphatic carbocycles. The molecular weight excluding hydrogens is 348 g/mol. The highest BCUT2D eigenvalue weighted by atomic mass is 16.5. The van der Waals surface area contributed by atoms with Crippen molar-refractivity contribution in [2.45, 2.75) is 38.2 Å². The molecule has 0 radical (unpaired) electrons. The number of hydrogen-bond donors (Lipinski definition) is 0. The molecule has 0 bridgehead atoms. The van der Waals surface area contributed by atoms with Crippen LogP contribution in [0.1, 0.15) is 43.1 Å². The lowest BCUT2D eigenvalue weighted by molar-refractivity contribution is 0.306. The van der Waals surface area contributed by atoms with Crippen LogP contribution in [0.5, 0.6) is 5.75 Å². The molecule has 140 valence electrons. The van der Waals surface area contributed by atoms with Crippen molar-refractivity contribution in [3.8, 4) is 17.1 Å². The third-order valence-electron chi connectivity index (χ3n) is 5.46. The lowest BCUT2D eigenvalue weighted by Gasteiger charge is -2.08. The van der Waals surface area contributed by atoms with E-state index in [1.807, 2.05) is 30.3 Å². The molecule has 1 aliphatic rings. The van der Waals surface area contributed by atoms with E-state index in [-0.39, 0.29) is 0 Å². The predicted molar refractivity (Wildman–Crippen MR) is 109 cm³/mol. The van der Waals surface area contributed by atoms with Gasteiger partial charge in [-0.2, -0.15) is 4.98 Å². The van der Waals surface area contributed by atoms with E-state index < -0.39 is 0 Å². The zero-order valence-corrected chi connectivity index (χ0v) is 15.7. The second kappa shape index (κ2) is 7.47. The van der Waals surface area contributed by atoms with Gasteiger partial charge in [-0.05, 0) is 47.4 Å². The number of hydrogen-bond acceptors (Lipinski definition) is 4. The van der Waals surface area contributed by atoms with Crippen molar-refractivity contribution >= 4 is 10.8 Å². The van der Waals surface area contributed by atoms with Gasteiger partial charge in [0, 0.05) is 11.5 Å². The summed E-state index contributed by atoms with van der Waals surface area (Å²) in [4.78, 5) is 4.65. The maximum absolute atomic E-state index is 5.94. The monoisotopic (exact) mass is 370 g/mol. The van der Waals surface area contributed by atoms with E-state index in [2.05, 4.69) is 46.5 Å². The highest BCUT2D eigenvalue weighted by Gasteiger charge is 2.23. The Hall–Kier alpha value is -3.14. The largest absolute Gasteiger partial charge is 0.489 e. The van der Waals surface area contributed by atoms with Gasteiger partial charge in [0.2, 0.25) is 11.7 Å². The molecule has 3 aromatic carbocycles. The Morgan fingerprint density at radius 2 is 1.68 bits per heavy atom. The Labute approximate surface area is 164 Å². The van der Waals surface area contributed by atoms with Crippen LogP contribution in [-0.4, -0.2) is 10.1 Å². The first-order valence-corrected chi connectivity index (χ1v) is 9.90. The molecule has 0 atom stereocenters. The van der Waals surface area contributed by atoms with Crippen molar-refractivity contribution < 1.29 is 9.26 Å². The highest BCUT2D eigenvalue weighted by molar-refractivity contribution is 5.87. The van der Waals surface area contributed by atoms with Gasteiger partial charge in [0.15, 0.2) is 0 Å². The van der Waals surface area contributed by atoms with Crippen LogP contribution < -0.4 is 4.74 Å². The van der Waals surface area contributed by atoms with Gasteiger partial charge in [0.25, 0.3) is 0 Å². The summed E-state index contributed by atoms with van der Waals surface area (Å²) in [7, 11) is 0. The molecule has 4 heteroatoms. The van der Waals surface area contributed by atoms with Crippen LogP contribution in [0.3, 0.4) is 0 Å². The first-order valence-electron chi connectivity index (χ1n) is 9.90. The molecule has 0 N–H and O–H groups in total. The quantitative estimate of drug-likeness (QED) is 0.424. The summed E-state index contributed by atoms with van der Waals surface area (Å²) in [6.45, 7) is 0.567. The molecule has 0 saturated heterocycles. The molecule has 28 heavy (non-hydrogen) atoms. The lowest BCUT2D eigenvalue weighted by Crippen LogP contribution is -1.94. The van der Waals surface area contributed by atoms with Crippen LogP contribution in [0, 0.1) is 0 Å². The summed E-state index contributed by atoms with van der Waals surface area (Å²) in [5.74, 6) is 2.77. The van der Waals surface area contributed by atoms with Gasteiger partial charge >= 0.3 is 0 Å². The zero-order valence-electron chi connectivity index (χ0n) is 15.7. The lowest BCUT2D eigenvalue weighted by atomic mass is 10.1. The maximum Gasteiger partial charge on any atom is 0.230 e. The summed E-state index contributed by atoms with van der Waals surface area (Å²) < 4.78 is 11.5. The van der Waals surface area contributed by atoms with Crippen LogP contribution in [0.4, 0.5) is 0 Å². The Kier molecular flexibility index (Phi) is 4.53. The Morgan fingerprint density at radius 3 is 2.54 bits per heavy atom. The summed E-state index contributed by atoms with van der Waals surface area (Å²) in [5, 5.41) is 6.48. The molecule has 4 aromatic rings. The summed E-state index contributed by atoms with van der Waals surface area (Å²) in [6.07, 6.45) is 4.83. The number of aromatic nitrogens is 2. The number of rotatable bonds is 5. The first kappa shape index (κ1) is 17.0. The van der Waals surface area contributed by atoms with Gasteiger partial charge in [0.05, 0.1) is 0 Å². The number of fused-ring (bicyclic) bond motifs is 1. The van der Waals surface area contributed by atoms with Crippen LogP contribution >= 0.6 is 0 Å². The van der Waals surface area contributed by atoms with Crippen molar-refractivity contribution in [1.29, 1.82) is 0 Å². The van der Waals surface area contributed by atoms with E-state index in [1.165, 1.54) is 12.8 Å². The van der Waals surface area contributed by atoms with Gasteiger partial charge < -0.3 is 9.26 Å². The van der Waals surface area contributed by atoms with Gasteiger partial charge in [0.1, 0.15) is 12.4 Å². The van der Waals surface area contributed by atoms with E-state index in [4.69, 9.17) is 9.26 Å². The minimum Gasteiger partial charge on any atom is -0.489 e. The third-order valence-corrected chi connectivity index (χ3v) is 5.46. The van der Waals surface area contributed by atoms with E-state index >= 15 is 0 Å². The SMILES string of the molecule is c1ccc(COc2ccc3cc(-c4noc(C5CCCC5)n4)ccc3c2)cc1. The molecule has 5 rings (SSSR count). The van der Waals surface area contributed by atoms with Crippen LogP contribution in [0.15, 0.2) is 71.3 Å². The second-order valence-corrected chi connectivity index (χ2v) is 7.44. The minimum absolute atomic E-state index is 0.436. The first-order chi connectivity index (χ1) is 13.8. The minimum atomic E-state index is 0.436. The Morgan fingerprint density at radius 1 is 0.893 bits per heavy atom. The Balaban J connectivity index is 1.35. The molecule has 1 fully saturated rings. The fourth-order valence-corrected chi connectivity index (χ4v) is 3.88. The van der Waals surface area contributed by atoms with E-state index in [1.54, 1.807) is 0 Å². The molecule has 0 amide bonds. The molecule has 0 spiro atoms. The van der Waals surface area contributed by atoms with Crippen molar-refractivity contribution in [2.24, 2.45) is 0 Å². The summed E-state index contributed by atoms with van der Waals surface area (Å²) >= 11 is 0. The van der Waals surface area contributed by atoms with Crippen LogP contribution in [0.25, 0.3) is 22.2 Å². The topological polar surface area (TPSA) is 48.2 Å². The zero-order chi connectivity index (χ0) is 18.8. The van der Waals surface area contributed by atoms with Crippen LogP contribution in [-0.2, 0) is 6.61 Å². The fourth-order valence-electron chi connectivity index (χ4n) is 3.88. The summed E-state index contributed by atoms with van der Waals surface area (Å²) in [6, 6.07) is 22.6. The predicted octanol–water partition coefficient (Wildman–Crippen LogP) is 6.13. The van der Waals surface area contributed by atoms with Crippen LogP contribution in [0.2, 0.25) is 0 Å². The highest BCUT2D eigenvalue weighted by Crippen LogP contribution is 2.34.